The quantitative estimate of drug-likeness (QED) is 0.500. The summed E-state index contributed by atoms with van der Waals surface area (Å²) in [6.07, 6.45) is 4.75. The molecule has 0 saturated carbocycles. The molecule has 2 heterocycles. The molecule has 2 aromatic rings. The molecule has 0 aromatic heterocycles. The van der Waals surface area contributed by atoms with Crippen LogP contribution in [0.4, 0.5) is 0 Å². The third kappa shape index (κ3) is 6.33. The molecule has 0 N–H and O–H groups in total. The highest BCUT2D eigenvalue weighted by molar-refractivity contribution is 5.48. The maximum absolute atomic E-state index is 5.90. The lowest BCUT2D eigenvalue weighted by Crippen LogP contribution is -2.42. The molecule has 2 aliphatic rings. The summed E-state index contributed by atoms with van der Waals surface area (Å²) >= 11 is 0. The maximum Gasteiger partial charge on any atom is 0.161 e. The molecule has 0 spiro atoms. The lowest BCUT2D eigenvalue weighted by atomic mass is 9.94. The molecule has 1 atom stereocenters. The van der Waals surface area contributed by atoms with Crippen molar-refractivity contribution in [3.8, 4) is 23.0 Å². The molecule has 0 amide bonds. The van der Waals surface area contributed by atoms with Crippen LogP contribution in [0.25, 0.3) is 0 Å². The van der Waals surface area contributed by atoms with Gasteiger partial charge in [0.25, 0.3) is 0 Å². The Morgan fingerprint density at radius 2 is 1.58 bits per heavy atom. The van der Waals surface area contributed by atoms with Crippen molar-refractivity contribution in [3.05, 3.63) is 47.5 Å². The molecule has 1 fully saturated rings. The van der Waals surface area contributed by atoms with Crippen LogP contribution < -0.4 is 18.9 Å². The van der Waals surface area contributed by atoms with E-state index in [9.17, 15) is 0 Å². The lowest BCUT2D eigenvalue weighted by Gasteiger charge is -2.37. The van der Waals surface area contributed by atoms with Crippen molar-refractivity contribution in [2.45, 2.75) is 32.2 Å². The molecule has 33 heavy (non-hydrogen) atoms. The molecule has 6 heteroatoms. The first-order chi connectivity index (χ1) is 16.2. The summed E-state index contributed by atoms with van der Waals surface area (Å²) in [6, 6.07) is 12.1. The molecule has 2 aliphatic heterocycles. The molecule has 0 radical (unpaired) electrons. The largest absolute Gasteiger partial charge is 0.497 e. The van der Waals surface area contributed by atoms with Gasteiger partial charge in [0.1, 0.15) is 11.5 Å². The summed E-state index contributed by atoms with van der Waals surface area (Å²) in [6.45, 7) is 7.55. The van der Waals surface area contributed by atoms with Crippen LogP contribution in [-0.4, -0.2) is 70.5 Å². The normalized spacial score (nSPS) is 19.1. The number of ether oxygens (including phenoxy) is 4. The van der Waals surface area contributed by atoms with Crippen LogP contribution in [0.5, 0.6) is 23.0 Å². The topological polar surface area (TPSA) is 43.4 Å². The van der Waals surface area contributed by atoms with Gasteiger partial charge in [0.05, 0.1) is 27.9 Å². The van der Waals surface area contributed by atoms with Crippen molar-refractivity contribution >= 4 is 0 Å². The second-order valence-corrected chi connectivity index (χ2v) is 9.15. The molecular weight excluding hydrogens is 416 g/mol. The van der Waals surface area contributed by atoms with Gasteiger partial charge in [0, 0.05) is 32.7 Å². The number of methoxy groups -OCH3 is 3. The third-order valence-electron chi connectivity index (χ3n) is 6.86. The zero-order valence-corrected chi connectivity index (χ0v) is 20.3. The van der Waals surface area contributed by atoms with Crippen molar-refractivity contribution in [2.24, 2.45) is 5.92 Å². The van der Waals surface area contributed by atoms with Gasteiger partial charge in [0.15, 0.2) is 11.5 Å². The van der Waals surface area contributed by atoms with E-state index in [1.807, 2.05) is 24.3 Å². The number of piperidine rings is 1. The van der Waals surface area contributed by atoms with E-state index in [0.29, 0.717) is 0 Å². The van der Waals surface area contributed by atoms with Crippen LogP contribution in [0.1, 0.15) is 30.4 Å². The van der Waals surface area contributed by atoms with Crippen molar-refractivity contribution in [1.29, 1.82) is 0 Å². The molecule has 6 nitrogen and oxygen atoms in total. The van der Waals surface area contributed by atoms with Crippen LogP contribution >= 0.6 is 0 Å². The number of likely N-dealkylation sites (tertiary alicyclic amines) is 1. The van der Waals surface area contributed by atoms with E-state index in [1.54, 1.807) is 21.3 Å². The summed E-state index contributed by atoms with van der Waals surface area (Å²) in [7, 11) is 5.10. The van der Waals surface area contributed by atoms with Crippen LogP contribution in [0.2, 0.25) is 0 Å². The zero-order valence-electron chi connectivity index (χ0n) is 20.3. The van der Waals surface area contributed by atoms with Crippen LogP contribution in [-0.2, 0) is 13.0 Å². The number of benzene rings is 2. The van der Waals surface area contributed by atoms with Crippen LogP contribution in [0.3, 0.4) is 0 Å². The number of nitrogens with zero attached hydrogens (tertiary/aromatic N) is 2. The summed E-state index contributed by atoms with van der Waals surface area (Å²) in [5.74, 6) is 4.18. The molecule has 1 saturated heterocycles. The fraction of sp³-hybridized carbons (Fsp3) is 0.556. The smallest absolute Gasteiger partial charge is 0.161 e. The number of fused-ring (bicyclic) bond motifs is 1. The van der Waals surface area contributed by atoms with Gasteiger partial charge in [0.2, 0.25) is 0 Å². The summed E-state index contributed by atoms with van der Waals surface area (Å²) < 4.78 is 22.1. The Hall–Kier alpha value is -2.44. The summed E-state index contributed by atoms with van der Waals surface area (Å²) in [5.41, 5.74) is 2.77. The number of rotatable bonds is 10. The average molecular weight is 455 g/mol. The standard InChI is InChI=1S/C27H38N2O4/c1-30-24-7-9-25(10-8-24)33-15-5-13-28-12-4-6-21(18-28)19-29-14-11-22-16-26(31-2)27(32-3)17-23(22)20-29/h7-10,16-17,21H,4-6,11-15,18-20H2,1-3H3. The Labute approximate surface area is 198 Å². The Kier molecular flexibility index (Phi) is 8.35. The predicted molar refractivity (Wildman–Crippen MR) is 131 cm³/mol. The number of hydrogen-bond donors (Lipinski definition) is 0. The second-order valence-electron chi connectivity index (χ2n) is 9.15. The summed E-state index contributed by atoms with van der Waals surface area (Å²) in [4.78, 5) is 5.24. The average Bonchev–Trinajstić information content (AvgIpc) is 2.86. The zero-order chi connectivity index (χ0) is 23.0. The predicted octanol–water partition coefficient (Wildman–Crippen LogP) is 4.25. The minimum absolute atomic E-state index is 0.739. The molecule has 1 unspecified atom stereocenters. The van der Waals surface area contributed by atoms with Gasteiger partial charge in [-0.2, -0.15) is 0 Å². The Morgan fingerprint density at radius 3 is 2.30 bits per heavy atom. The van der Waals surface area contributed by atoms with Gasteiger partial charge < -0.3 is 23.8 Å². The van der Waals surface area contributed by atoms with Gasteiger partial charge in [-0.3, -0.25) is 4.90 Å². The Morgan fingerprint density at radius 1 is 0.848 bits per heavy atom. The second kappa shape index (κ2) is 11.6. The highest BCUT2D eigenvalue weighted by Crippen LogP contribution is 2.33. The van der Waals surface area contributed by atoms with Crippen LogP contribution in [0.15, 0.2) is 36.4 Å². The monoisotopic (exact) mass is 454 g/mol. The van der Waals surface area contributed by atoms with E-state index in [4.69, 9.17) is 18.9 Å². The van der Waals surface area contributed by atoms with Crippen molar-refractivity contribution in [2.75, 3.05) is 60.7 Å². The first kappa shape index (κ1) is 23.7. The van der Waals surface area contributed by atoms with Crippen molar-refractivity contribution < 1.29 is 18.9 Å². The fourth-order valence-corrected chi connectivity index (χ4v) is 5.12. The van der Waals surface area contributed by atoms with Gasteiger partial charge in [-0.15, -0.1) is 0 Å². The van der Waals surface area contributed by atoms with Gasteiger partial charge in [-0.05, 0) is 85.7 Å². The molecule has 2 aromatic carbocycles. The SMILES string of the molecule is COc1ccc(OCCCN2CCCC(CN3CCc4cc(OC)c(OC)cc4C3)C2)cc1. The van der Waals surface area contributed by atoms with Gasteiger partial charge in [-0.1, -0.05) is 0 Å². The van der Waals surface area contributed by atoms with Crippen LogP contribution in [0, 0.1) is 5.92 Å². The van der Waals surface area contributed by atoms with E-state index < -0.39 is 0 Å². The highest BCUT2D eigenvalue weighted by atomic mass is 16.5. The van der Waals surface area contributed by atoms with Crippen molar-refractivity contribution in [1.82, 2.24) is 9.80 Å². The van der Waals surface area contributed by atoms with E-state index in [0.717, 1.165) is 68.0 Å². The van der Waals surface area contributed by atoms with Crippen molar-refractivity contribution in [3.63, 3.8) is 0 Å². The molecule has 0 aliphatic carbocycles. The van der Waals surface area contributed by atoms with Gasteiger partial charge in [-0.25, -0.2) is 0 Å². The molecule has 180 valence electrons. The fourth-order valence-electron chi connectivity index (χ4n) is 5.12. The lowest BCUT2D eigenvalue weighted by molar-refractivity contribution is 0.121. The minimum Gasteiger partial charge on any atom is -0.497 e. The van der Waals surface area contributed by atoms with E-state index >= 15 is 0 Å². The Bertz CT molecular complexity index is 886. The minimum atomic E-state index is 0.739. The summed E-state index contributed by atoms with van der Waals surface area (Å²) in [5, 5.41) is 0. The Balaban J connectivity index is 1.21. The van der Waals surface area contributed by atoms with E-state index in [2.05, 4.69) is 21.9 Å². The molecule has 4 rings (SSSR count). The number of hydrogen-bond acceptors (Lipinski definition) is 6. The molecular formula is C27H38N2O4. The maximum atomic E-state index is 5.90. The first-order valence-corrected chi connectivity index (χ1v) is 12.1. The van der Waals surface area contributed by atoms with E-state index in [-0.39, 0.29) is 0 Å². The molecule has 0 bridgehead atoms. The first-order valence-electron chi connectivity index (χ1n) is 12.1. The highest BCUT2D eigenvalue weighted by Gasteiger charge is 2.25. The van der Waals surface area contributed by atoms with E-state index in [1.165, 1.54) is 43.6 Å². The third-order valence-corrected chi connectivity index (χ3v) is 6.86. The van der Waals surface area contributed by atoms with Gasteiger partial charge >= 0.3 is 0 Å².